The molecule has 0 radical (unpaired) electrons. The molecule has 0 spiro atoms. The summed E-state index contributed by atoms with van der Waals surface area (Å²) in [6.07, 6.45) is 0. The summed E-state index contributed by atoms with van der Waals surface area (Å²) in [6, 6.07) is 36.0. The summed E-state index contributed by atoms with van der Waals surface area (Å²) in [7, 11) is -10.7. The van der Waals surface area contributed by atoms with E-state index in [9.17, 15) is 25.2 Å². The second kappa shape index (κ2) is 9.86. The van der Waals surface area contributed by atoms with Crippen molar-refractivity contribution >= 4 is 42.9 Å². The van der Waals surface area contributed by atoms with Gasteiger partial charge in [-0.1, -0.05) is 53.7 Å². The van der Waals surface area contributed by atoms with Crippen molar-refractivity contribution in [3.05, 3.63) is 108 Å². The molecule has 0 saturated heterocycles. The number of hydrogen-bond acceptors (Lipinski definition) is 1. The first-order chi connectivity index (χ1) is 15.7. The Labute approximate surface area is 206 Å². The molecular weight excluding hydrogens is 533 g/mol. The van der Waals surface area contributed by atoms with Crippen molar-refractivity contribution in [1.82, 2.24) is 0 Å². The zero-order valence-electron chi connectivity index (χ0n) is 17.3. The molecule has 0 amide bonds. The predicted molar refractivity (Wildman–Crippen MR) is 133 cm³/mol. The van der Waals surface area contributed by atoms with Crippen molar-refractivity contribution < 1.29 is 25.2 Å². The molecule has 0 aliphatic heterocycles. The van der Waals surface area contributed by atoms with Crippen LogP contribution in [0.5, 0.6) is 0 Å². The Morgan fingerprint density at radius 1 is 0.529 bits per heavy atom. The van der Waals surface area contributed by atoms with Gasteiger partial charge in [-0.25, -0.2) is 0 Å². The third-order valence-corrected chi connectivity index (χ3v) is 6.50. The van der Waals surface area contributed by atoms with Gasteiger partial charge in [0.1, 0.15) is 0 Å². The minimum absolute atomic E-state index is 0.776. The van der Waals surface area contributed by atoms with E-state index in [1.54, 1.807) is 11.8 Å². The predicted octanol–water partition coefficient (Wildman–Crippen LogP) is 10.8. The van der Waals surface area contributed by atoms with Crippen molar-refractivity contribution in [3.8, 4) is 11.1 Å². The number of halogens is 7. The first-order valence-corrected chi connectivity index (χ1v) is 13.8. The molecule has 34 heavy (non-hydrogen) atoms. The van der Waals surface area contributed by atoms with Gasteiger partial charge in [0.15, 0.2) is 9.79 Å². The Kier molecular flexibility index (Phi) is 7.68. The second-order valence-corrected chi connectivity index (χ2v) is 11.8. The zero-order chi connectivity index (χ0) is 24.9. The molecule has 0 unspecified atom stereocenters. The van der Waals surface area contributed by atoms with Crippen molar-refractivity contribution in [2.24, 2.45) is 0 Å². The number of hydrogen-bond donors (Lipinski definition) is 0. The first kappa shape index (κ1) is 26.5. The second-order valence-electron chi connectivity index (χ2n) is 7.03. The summed E-state index contributed by atoms with van der Waals surface area (Å²) in [6.45, 7) is 0. The van der Waals surface area contributed by atoms with Crippen LogP contribution in [-0.2, 0) is 11.8 Å². The van der Waals surface area contributed by atoms with Crippen LogP contribution in [0.15, 0.2) is 123 Å². The van der Waals surface area contributed by atoms with Crippen LogP contribution >= 0.6 is 31.2 Å². The molecule has 0 saturated carbocycles. The Bertz CT molecular complexity index is 1200. The number of thiol groups is 1. The van der Waals surface area contributed by atoms with Crippen LogP contribution in [0.25, 0.3) is 11.1 Å². The summed E-state index contributed by atoms with van der Waals surface area (Å²) in [5.74, 6) is 0. The molecule has 0 aliphatic rings. The van der Waals surface area contributed by atoms with E-state index in [2.05, 4.69) is 84.9 Å². The fraction of sp³-hybridized carbons (Fsp3) is 0. The standard InChI is InChI=1S/C24H17ClS2.F6P/c25-20-10-16-24(17-11-20)27-23-14-8-19(9-15-23)18-6-12-22(13-7-18)26-21-4-2-1-3-5-21;1-7(2,3,4,5)6/h1-17H;/q;-1/p+1. The van der Waals surface area contributed by atoms with E-state index < -0.39 is 7.81 Å². The number of benzene rings is 4. The van der Waals surface area contributed by atoms with E-state index in [0.717, 1.165) is 5.02 Å². The van der Waals surface area contributed by atoms with E-state index in [0.29, 0.717) is 0 Å². The van der Waals surface area contributed by atoms with E-state index in [-0.39, 0.29) is 0 Å². The van der Waals surface area contributed by atoms with Crippen LogP contribution in [0.3, 0.4) is 0 Å². The molecule has 0 aliphatic carbocycles. The molecule has 0 bridgehead atoms. The average Bonchev–Trinajstić information content (AvgIpc) is 2.75. The maximum absolute atomic E-state index is 10.7. The van der Waals surface area contributed by atoms with Crippen molar-refractivity contribution in [1.29, 1.82) is 0 Å². The van der Waals surface area contributed by atoms with E-state index in [1.807, 2.05) is 18.2 Å². The quantitative estimate of drug-likeness (QED) is 0.103. The van der Waals surface area contributed by atoms with Gasteiger partial charge in [-0.2, -0.15) is 0 Å². The Balaban J connectivity index is 0.000000406. The van der Waals surface area contributed by atoms with Gasteiger partial charge in [-0.05, 0) is 83.9 Å². The van der Waals surface area contributed by atoms with Crippen molar-refractivity contribution in [2.45, 2.75) is 19.6 Å². The molecule has 4 aromatic rings. The van der Waals surface area contributed by atoms with Gasteiger partial charge in [0, 0.05) is 26.6 Å². The van der Waals surface area contributed by atoms with Gasteiger partial charge in [-0.3, -0.25) is 0 Å². The van der Waals surface area contributed by atoms with Gasteiger partial charge in [0.05, 0.1) is 0 Å². The molecule has 0 aromatic heterocycles. The van der Waals surface area contributed by atoms with Gasteiger partial charge in [0.2, 0.25) is 0 Å². The fourth-order valence-corrected chi connectivity index (χ4v) is 4.59. The number of rotatable bonds is 5. The normalized spacial score (nSPS) is 13.3. The Hall–Kier alpha value is -2.12. The monoisotopic (exact) mass is 550 g/mol. The SMILES string of the molecule is Clc1ccc([SH+]c2ccc(-c3ccc(Sc4ccccc4)cc3)cc2)cc1.F[P-](F)(F)(F)(F)F. The molecule has 0 N–H and O–H groups in total. The van der Waals surface area contributed by atoms with E-state index >= 15 is 0 Å². The summed E-state index contributed by atoms with van der Waals surface area (Å²) in [5, 5.41) is 0.776. The van der Waals surface area contributed by atoms with Gasteiger partial charge in [-0.15, -0.1) is 0 Å². The first-order valence-electron chi connectivity index (χ1n) is 9.68. The van der Waals surface area contributed by atoms with Crippen LogP contribution in [0.2, 0.25) is 5.02 Å². The topological polar surface area (TPSA) is 0 Å². The van der Waals surface area contributed by atoms with E-state index in [4.69, 9.17) is 11.6 Å². The van der Waals surface area contributed by atoms with Gasteiger partial charge in [0.25, 0.3) is 0 Å². The van der Waals surface area contributed by atoms with Crippen LogP contribution < -0.4 is 0 Å². The Morgan fingerprint density at radius 2 is 0.912 bits per heavy atom. The van der Waals surface area contributed by atoms with Crippen molar-refractivity contribution in [2.75, 3.05) is 0 Å². The summed E-state index contributed by atoms with van der Waals surface area (Å²) in [5.41, 5.74) is 2.48. The molecule has 4 aromatic carbocycles. The van der Waals surface area contributed by atoms with Crippen LogP contribution in [0, 0.1) is 0 Å². The molecule has 0 nitrogen and oxygen atoms in total. The third-order valence-electron chi connectivity index (χ3n) is 4.12. The van der Waals surface area contributed by atoms with Crippen molar-refractivity contribution in [3.63, 3.8) is 0 Å². The maximum atomic E-state index is 9.87. The summed E-state index contributed by atoms with van der Waals surface area (Å²) in [4.78, 5) is 5.03. The average molecular weight is 551 g/mol. The molecule has 0 heterocycles. The molecular formula is C24H18ClF6PS2. The zero-order valence-corrected chi connectivity index (χ0v) is 20.6. The molecule has 180 valence electrons. The summed E-state index contributed by atoms with van der Waals surface area (Å²) >= 11 is 8.94. The molecule has 10 heteroatoms. The van der Waals surface area contributed by atoms with Crippen LogP contribution in [0.1, 0.15) is 0 Å². The third kappa shape index (κ3) is 10.9. The molecule has 0 fully saturated rings. The van der Waals surface area contributed by atoms with Crippen LogP contribution in [-0.4, -0.2) is 0 Å². The van der Waals surface area contributed by atoms with E-state index in [1.165, 1.54) is 42.5 Å². The summed E-state index contributed by atoms with van der Waals surface area (Å²) < 4.78 is 59.2. The van der Waals surface area contributed by atoms with Gasteiger partial charge < -0.3 is 0 Å². The fourth-order valence-electron chi connectivity index (χ4n) is 2.73. The molecule has 0 atom stereocenters. The minimum atomic E-state index is -10.7. The Morgan fingerprint density at radius 3 is 1.38 bits per heavy atom. The van der Waals surface area contributed by atoms with Crippen LogP contribution in [0.4, 0.5) is 25.2 Å². The van der Waals surface area contributed by atoms with Gasteiger partial charge >= 0.3 is 33.0 Å². The molecule has 4 rings (SSSR count).